The molecule has 2 N–H and O–H groups in total. The van der Waals surface area contributed by atoms with Crippen LogP contribution in [-0.2, 0) is 9.53 Å². The molecule has 1 aliphatic rings. The number of methoxy groups -OCH3 is 1. The molecule has 2 unspecified atom stereocenters. The number of ether oxygens (including phenoxy) is 1. The number of carbonyl (C=O) groups is 1. The van der Waals surface area contributed by atoms with E-state index < -0.39 is 0 Å². The van der Waals surface area contributed by atoms with Crippen molar-refractivity contribution in [2.45, 2.75) is 25.5 Å². The van der Waals surface area contributed by atoms with Gasteiger partial charge in [0.1, 0.15) is 0 Å². The minimum atomic E-state index is -0.179. The molecule has 0 spiro atoms. The number of rotatable bonds is 6. The van der Waals surface area contributed by atoms with Gasteiger partial charge in [-0.25, -0.2) is 0 Å². The lowest BCUT2D eigenvalue weighted by Crippen LogP contribution is -2.50. The Morgan fingerprint density at radius 3 is 2.24 bits per heavy atom. The summed E-state index contributed by atoms with van der Waals surface area (Å²) in [7, 11) is 1.60. The van der Waals surface area contributed by atoms with Crippen molar-refractivity contribution in [3.8, 4) is 0 Å². The molecule has 0 saturated carbocycles. The van der Waals surface area contributed by atoms with Crippen LogP contribution in [-0.4, -0.2) is 61.6 Å². The van der Waals surface area contributed by atoms with Gasteiger partial charge in [-0.05, 0) is 24.6 Å². The standard InChI is InChI=1S/C17H26BrN3O2.2ClH/c1-13(14-3-5-15(18)6-4-14)20-7-9-21(10-8-20)17(22)11-16(12-19)23-2;;/h3-6,13,16H,7-12,19H2,1-2H3;2*1H. The van der Waals surface area contributed by atoms with Crippen molar-refractivity contribution in [2.24, 2.45) is 5.73 Å². The predicted molar refractivity (Wildman–Crippen MR) is 110 cm³/mol. The molecule has 25 heavy (non-hydrogen) atoms. The minimum Gasteiger partial charge on any atom is -0.380 e. The molecule has 1 fully saturated rings. The van der Waals surface area contributed by atoms with E-state index in [0.29, 0.717) is 19.0 Å². The van der Waals surface area contributed by atoms with Crippen LogP contribution in [0.25, 0.3) is 0 Å². The van der Waals surface area contributed by atoms with Crippen molar-refractivity contribution in [3.05, 3.63) is 34.3 Å². The third-order valence-electron chi connectivity index (χ3n) is 4.57. The molecule has 2 rings (SSSR count). The summed E-state index contributed by atoms with van der Waals surface area (Å²) < 4.78 is 6.29. The third-order valence-corrected chi connectivity index (χ3v) is 5.09. The molecule has 2 atom stereocenters. The molecule has 0 aromatic heterocycles. The molecule has 1 aliphatic heterocycles. The summed E-state index contributed by atoms with van der Waals surface area (Å²) in [5.41, 5.74) is 6.89. The van der Waals surface area contributed by atoms with E-state index in [4.69, 9.17) is 10.5 Å². The Kier molecular flexibility index (Phi) is 11.9. The summed E-state index contributed by atoms with van der Waals surface area (Å²) in [5.74, 6) is 0.137. The van der Waals surface area contributed by atoms with Crippen molar-refractivity contribution < 1.29 is 9.53 Å². The molecular weight excluding hydrogens is 429 g/mol. The molecule has 5 nitrogen and oxygen atoms in total. The number of nitrogens with zero attached hydrogens (tertiary/aromatic N) is 2. The van der Waals surface area contributed by atoms with E-state index in [-0.39, 0.29) is 36.8 Å². The molecule has 0 radical (unpaired) electrons. The number of nitrogens with two attached hydrogens (primary N) is 1. The zero-order chi connectivity index (χ0) is 16.8. The second kappa shape index (κ2) is 12.1. The molecule has 1 aromatic rings. The van der Waals surface area contributed by atoms with Crippen LogP contribution < -0.4 is 5.73 Å². The van der Waals surface area contributed by atoms with Gasteiger partial charge < -0.3 is 15.4 Å². The lowest BCUT2D eigenvalue weighted by Gasteiger charge is -2.38. The van der Waals surface area contributed by atoms with Crippen molar-refractivity contribution in [3.63, 3.8) is 0 Å². The number of halogens is 3. The first-order chi connectivity index (χ1) is 11.0. The van der Waals surface area contributed by atoms with Gasteiger partial charge in [0.15, 0.2) is 0 Å². The summed E-state index contributed by atoms with van der Waals surface area (Å²) in [6, 6.07) is 8.80. The summed E-state index contributed by atoms with van der Waals surface area (Å²) in [4.78, 5) is 16.6. The van der Waals surface area contributed by atoms with Gasteiger partial charge >= 0.3 is 0 Å². The van der Waals surface area contributed by atoms with Gasteiger partial charge in [-0.3, -0.25) is 9.69 Å². The van der Waals surface area contributed by atoms with Crippen LogP contribution in [0.4, 0.5) is 0 Å². The SMILES string of the molecule is COC(CN)CC(=O)N1CCN(C(C)c2ccc(Br)cc2)CC1.Cl.Cl. The van der Waals surface area contributed by atoms with E-state index in [1.807, 2.05) is 4.90 Å². The van der Waals surface area contributed by atoms with Gasteiger partial charge in [-0.2, -0.15) is 0 Å². The van der Waals surface area contributed by atoms with Crippen molar-refractivity contribution in [1.29, 1.82) is 0 Å². The average Bonchev–Trinajstić information content (AvgIpc) is 2.59. The van der Waals surface area contributed by atoms with Crippen molar-refractivity contribution in [1.82, 2.24) is 9.80 Å². The number of piperazine rings is 1. The van der Waals surface area contributed by atoms with Crippen LogP contribution in [0.5, 0.6) is 0 Å². The Balaban J connectivity index is 0.00000288. The first kappa shape index (κ1) is 24.6. The summed E-state index contributed by atoms with van der Waals surface area (Å²) >= 11 is 3.47. The minimum absolute atomic E-state index is 0. The molecule has 0 aliphatic carbocycles. The van der Waals surface area contributed by atoms with E-state index >= 15 is 0 Å². The topological polar surface area (TPSA) is 58.8 Å². The Bertz CT molecular complexity index is 507. The van der Waals surface area contributed by atoms with Crippen LogP contribution >= 0.6 is 40.7 Å². The first-order valence-corrected chi connectivity index (χ1v) is 8.84. The molecule has 1 saturated heterocycles. The molecule has 144 valence electrons. The highest BCUT2D eigenvalue weighted by atomic mass is 79.9. The largest absolute Gasteiger partial charge is 0.380 e. The highest BCUT2D eigenvalue weighted by molar-refractivity contribution is 9.10. The van der Waals surface area contributed by atoms with E-state index in [2.05, 4.69) is 52.0 Å². The normalized spacial score (nSPS) is 17.2. The van der Waals surface area contributed by atoms with Gasteiger partial charge in [-0.1, -0.05) is 28.1 Å². The summed E-state index contributed by atoms with van der Waals surface area (Å²) in [6.07, 6.45) is 0.192. The Labute approximate surface area is 171 Å². The van der Waals surface area contributed by atoms with Crippen molar-refractivity contribution in [2.75, 3.05) is 39.8 Å². The highest BCUT2D eigenvalue weighted by Crippen LogP contribution is 2.23. The zero-order valence-electron chi connectivity index (χ0n) is 14.7. The van der Waals surface area contributed by atoms with Crippen LogP contribution in [0, 0.1) is 0 Å². The summed E-state index contributed by atoms with van der Waals surface area (Å²) in [5, 5.41) is 0. The molecule has 0 bridgehead atoms. The number of amides is 1. The van der Waals surface area contributed by atoms with Crippen LogP contribution in [0.15, 0.2) is 28.7 Å². The van der Waals surface area contributed by atoms with Crippen LogP contribution in [0.2, 0.25) is 0 Å². The van der Waals surface area contributed by atoms with Crippen LogP contribution in [0.1, 0.15) is 24.9 Å². The Morgan fingerprint density at radius 1 is 1.20 bits per heavy atom. The number of hydrogen-bond donors (Lipinski definition) is 1. The number of hydrogen-bond acceptors (Lipinski definition) is 4. The molecular formula is C17H28BrCl2N3O2. The fourth-order valence-electron chi connectivity index (χ4n) is 2.90. The van der Waals surface area contributed by atoms with Gasteiger partial charge in [0.25, 0.3) is 0 Å². The highest BCUT2D eigenvalue weighted by Gasteiger charge is 2.25. The maximum Gasteiger partial charge on any atom is 0.225 e. The summed E-state index contributed by atoms with van der Waals surface area (Å²) in [6.45, 7) is 5.91. The lowest BCUT2D eigenvalue weighted by molar-refractivity contribution is -0.135. The average molecular weight is 457 g/mol. The molecule has 1 amide bonds. The maximum absolute atomic E-state index is 12.3. The number of carbonyl (C=O) groups excluding carboxylic acids is 1. The second-order valence-electron chi connectivity index (χ2n) is 5.94. The fraction of sp³-hybridized carbons (Fsp3) is 0.588. The lowest BCUT2D eigenvalue weighted by atomic mass is 10.1. The van der Waals surface area contributed by atoms with Gasteiger partial charge in [0.05, 0.1) is 12.5 Å². The number of benzene rings is 1. The van der Waals surface area contributed by atoms with E-state index in [0.717, 1.165) is 30.7 Å². The smallest absolute Gasteiger partial charge is 0.225 e. The van der Waals surface area contributed by atoms with Gasteiger partial charge in [-0.15, -0.1) is 24.8 Å². The quantitative estimate of drug-likeness (QED) is 0.714. The Morgan fingerprint density at radius 2 is 1.76 bits per heavy atom. The van der Waals surface area contributed by atoms with Crippen molar-refractivity contribution >= 4 is 46.7 Å². The Hall–Kier alpha value is -0.370. The predicted octanol–water partition coefficient (Wildman–Crippen LogP) is 2.86. The van der Waals surface area contributed by atoms with Gasteiger partial charge in [0.2, 0.25) is 5.91 Å². The molecule has 8 heteroatoms. The van der Waals surface area contributed by atoms with E-state index in [1.54, 1.807) is 7.11 Å². The van der Waals surface area contributed by atoms with E-state index in [1.165, 1.54) is 5.56 Å². The van der Waals surface area contributed by atoms with Gasteiger partial charge in [0, 0.05) is 50.3 Å². The molecule has 1 heterocycles. The maximum atomic E-state index is 12.3. The first-order valence-electron chi connectivity index (χ1n) is 8.05. The van der Waals surface area contributed by atoms with E-state index in [9.17, 15) is 4.79 Å². The van der Waals surface area contributed by atoms with Crippen LogP contribution in [0.3, 0.4) is 0 Å². The zero-order valence-corrected chi connectivity index (χ0v) is 17.9. The molecule has 1 aromatic carbocycles. The monoisotopic (exact) mass is 455 g/mol. The fourth-order valence-corrected chi connectivity index (χ4v) is 3.16. The second-order valence-corrected chi connectivity index (χ2v) is 6.86. The third kappa shape index (κ3) is 7.04.